The topological polar surface area (TPSA) is 119 Å². The van der Waals surface area contributed by atoms with Crippen molar-refractivity contribution in [2.24, 2.45) is 0 Å². The standard InChI is InChI=1S/C20H17F2N3O6S/c1-4-32(27,28)16-6-12(29-19(2,3)10-23)8-24-17(16)25-9-11-5-14-15(7-13(11)18(25)26)31-20(21,22)30-14/h5-8H,4,9H2,1-3H3. The molecular weight excluding hydrogens is 448 g/mol. The van der Waals surface area contributed by atoms with Crippen molar-refractivity contribution in [2.75, 3.05) is 10.7 Å². The number of carbonyl (C=O) groups excluding carboxylic acids is 1. The molecule has 0 unspecified atom stereocenters. The van der Waals surface area contributed by atoms with E-state index < -0.39 is 27.6 Å². The Labute approximate surface area is 182 Å². The number of aromatic nitrogens is 1. The number of sulfone groups is 1. The molecule has 0 aliphatic carbocycles. The van der Waals surface area contributed by atoms with E-state index in [1.165, 1.54) is 39.1 Å². The SMILES string of the molecule is CCS(=O)(=O)c1cc(OC(C)(C)C#N)cnc1N1Cc2cc3c(cc2C1=O)OC(F)(F)O3. The van der Waals surface area contributed by atoms with Gasteiger partial charge in [0.25, 0.3) is 5.91 Å². The molecule has 1 aromatic heterocycles. The van der Waals surface area contributed by atoms with Crippen LogP contribution in [0.25, 0.3) is 0 Å². The Balaban J connectivity index is 1.75. The molecule has 1 amide bonds. The molecule has 0 saturated carbocycles. The summed E-state index contributed by atoms with van der Waals surface area (Å²) in [5.74, 6) is -1.51. The predicted molar refractivity (Wildman–Crippen MR) is 105 cm³/mol. The van der Waals surface area contributed by atoms with Crippen LogP contribution in [0, 0.1) is 11.3 Å². The number of carbonyl (C=O) groups is 1. The van der Waals surface area contributed by atoms with Gasteiger partial charge in [-0.1, -0.05) is 6.92 Å². The Morgan fingerprint density at radius 1 is 1.28 bits per heavy atom. The highest BCUT2D eigenvalue weighted by Crippen LogP contribution is 2.45. The van der Waals surface area contributed by atoms with Gasteiger partial charge in [-0.3, -0.25) is 9.69 Å². The molecule has 9 nitrogen and oxygen atoms in total. The van der Waals surface area contributed by atoms with Gasteiger partial charge in [0.15, 0.2) is 32.8 Å². The third-order valence-electron chi connectivity index (χ3n) is 4.85. The first-order chi connectivity index (χ1) is 14.9. The van der Waals surface area contributed by atoms with E-state index in [0.717, 1.165) is 11.0 Å². The molecule has 0 atom stereocenters. The molecule has 32 heavy (non-hydrogen) atoms. The lowest BCUT2D eigenvalue weighted by atomic mass is 10.1. The Kier molecular flexibility index (Phi) is 4.78. The monoisotopic (exact) mass is 465 g/mol. The van der Waals surface area contributed by atoms with E-state index >= 15 is 0 Å². The second-order valence-electron chi connectivity index (χ2n) is 7.64. The van der Waals surface area contributed by atoms with Crippen LogP contribution in [0.2, 0.25) is 0 Å². The first-order valence-corrected chi connectivity index (χ1v) is 11.1. The number of alkyl halides is 2. The van der Waals surface area contributed by atoms with E-state index in [4.69, 9.17) is 10.00 Å². The Morgan fingerprint density at radius 3 is 2.56 bits per heavy atom. The zero-order valence-corrected chi connectivity index (χ0v) is 18.0. The van der Waals surface area contributed by atoms with Gasteiger partial charge in [-0.05, 0) is 31.5 Å². The van der Waals surface area contributed by atoms with Crippen molar-refractivity contribution in [2.45, 2.75) is 44.1 Å². The van der Waals surface area contributed by atoms with Crippen molar-refractivity contribution in [3.8, 4) is 23.3 Å². The summed E-state index contributed by atoms with van der Waals surface area (Å²) in [5.41, 5.74) is -0.820. The molecule has 0 radical (unpaired) electrons. The maximum Gasteiger partial charge on any atom is 0.586 e. The summed E-state index contributed by atoms with van der Waals surface area (Å²) in [4.78, 5) is 18.0. The average Bonchev–Trinajstić information content (AvgIpc) is 3.19. The number of pyridine rings is 1. The van der Waals surface area contributed by atoms with Crippen LogP contribution in [-0.4, -0.2) is 37.0 Å². The fourth-order valence-electron chi connectivity index (χ4n) is 3.31. The lowest BCUT2D eigenvalue weighted by molar-refractivity contribution is -0.286. The molecule has 0 N–H and O–H groups in total. The number of ether oxygens (including phenoxy) is 3. The highest BCUT2D eigenvalue weighted by Gasteiger charge is 2.45. The summed E-state index contributed by atoms with van der Waals surface area (Å²) in [6, 6.07) is 5.54. The fraction of sp³-hybridized carbons (Fsp3) is 0.350. The van der Waals surface area contributed by atoms with Crippen molar-refractivity contribution >= 4 is 21.6 Å². The van der Waals surface area contributed by atoms with Gasteiger partial charge < -0.3 is 14.2 Å². The number of amides is 1. The maximum absolute atomic E-state index is 13.3. The van der Waals surface area contributed by atoms with E-state index in [1.807, 2.05) is 6.07 Å². The summed E-state index contributed by atoms with van der Waals surface area (Å²) in [6.45, 7) is 4.33. The Hall–Kier alpha value is -3.46. The van der Waals surface area contributed by atoms with Crippen LogP contribution in [0.3, 0.4) is 0 Å². The molecule has 2 aromatic rings. The van der Waals surface area contributed by atoms with Crippen LogP contribution in [-0.2, 0) is 16.4 Å². The highest BCUT2D eigenvalue weighted by molar-refractivity contribution is 7.91. The Bertz CT molecular complexity index is 1290. The molecule has 2 aliphatic heterocycles. The number of hydrogen-bond donors (Lipinski definition) is 0. The van der Waals surface area contributed by atoms with E-state index in [1.54, 1.807) is 0 Å². The minimum absolute atomic E-state index is 0.0412. The molecule has 12 heteroatoms. The molecule has 0 bridgehead atoms. The van der Waals surface area contributed by atoms with Crippen molar-refractivity contribution in [1.82, 2.24) is 4.98 Å². The highest BCUT2D eigenvalue weighted by atomic mass is 32.2. The molecule has 0 spiro atoms. The third kappa shape index (κ3) is 3.69. The lowest BCUT2D eigenvalue weighted by Gasteiger charge is -2.22. The number of anilines is 1. The number of hydrogen-bond acceptors (Lipinski definition) is 8. The largest absolute Gasteiger partial charge is 0.586 e. The van der Waals surface area contributed by atoms with E-state index in [2.05, 4.69) is 14.5 Å². The summed E-state index contributed by atoms with van der Waals surface area (Å²) < 4.78 is 66.5. The maximum atomic E-state index is 13.3. The molecule has 0 fully saturated rings. The number of nitriles is 1. The second-order valence-corrected chi connectivity index (χ2v) is 9.88. The Morgan fingerprint density at radius 2 is 1.94 bits per heavy atom. The minimum atomic E-state index is -3.85. The van der Waals surface area contributed by atoms with Gasteiger partial charge in [0.1, 0.15) is 16.7 Å². The van der Waals surface area contributed by atoms with Crippen LogP contribution in [0.1, 0.15) is 36.7 Å². The number of rotatable bonds is 5. The number of halogens is 2. The minimum Gasteiger partial charge on any atom is -0.471 e. The number of benzene rings is 1. The van der Waals surface area contributed by atoms with Gasteiger partial charge in [0.2, 0.25) is 0 Å². The quantitative estimate of drug-likeness (QED) is 0.661. The summed E-state index contributed by atoms with van der Waals surface area (Å²) >= 11 is 0. The number of nitrogens with zero attached hydrogens (tertiary/aromatic N) is 3. The van der Waals surface area contributed by atoms with Gasteiger partial charge in [-0.2, -0.15) is 5.26 Å². The van der Waals surface area contributed by atoms with Crippen molar-refractivity contribution in [3.05, 3.63) is 35.5 Å². The fourth-order valence-corrected chi connectivity index (χ4v) is 4.35. The zero-order valence-electron chi connectivity index (χ0n) is 17.2. The molecular formula is C20H17F2N3O6S. The van der Waals surface area contributed by atoms with E-state index in [9.17, 15) is 22.0 Å². The predicted octanol–water partition coefficient (Wildman–Crippen LogP) is 3.04. The molecule has 3 heterocycles. The lowest BCUT2D eigenvalue weighted by Crippen LogP contribution is -2.28. The summed E-state index contributed by atoms with van der Waals surface area (Å²) in [5, 5.41) is 9.16. The first-order valence-electron chi connectivity index (χ1n) is 9.43. The smallest absolute Gasteiger partial charge is 0.471 e. The number of fused-ring (bicyclic) bond motifs is 2. The van der Waals surface area contributed by atoms with Crippen molar-refractivity contribution in [1.29, 1.82) is 5.26 Å². The van der Waals surface area contributed by atoms with Gasteiger partial charge in [0.05, 0.1) is 18.5 Å². The molecule has 0 saturated heterocycles. The van der Waals surface area contributed by atoms with Gasteiger partial charge in [-0.15, -0.1) is 8.78 Å². The summed E-state index contributed by atoms with van der Waals surface area (Å²) in [6.07, 6.45) is -2.61. The summed E-state index contributed by atoms with van der Waals surface area (Å²) in [7, 11) is -3.85. The second kappa shape index (κ2) is 7.03. The average molecular weight is 465 g/mol. The molecule has 4 rings (SSSR count). The van der Waals surface area contributed by atoms with Crippen LogP contribution in [0.4, 0.5) is 14.6 Å². The van der Waals surface area contributed by atoms with Crippen molar-refractivity contribution in [3.63, 3.8) is 0 Å². The van der Waals surface area contributed by atoms with Crippen LogP contribution in [0.5, 0.6) is 17.2 Å². The zero-order chi connectivity index (χ0) is 23.5. The van der Waals surface area contributed by atoms with Crippen LogP contribution >= 0.6 is 0 Å². The molecule has 2 aliphatic rings. The van der Waals surface area contributed by atoms with Gasteiger partial charge in [0, 0.05) is 11.6 Å². The van der Waals surface area contributed by atoms with E-state index in [-0.39, 0.29) is 45.8 Å². The van der Waals surface area contributed by atoms with Crippen LogP contribution < -0.4 is 19.1 Å². The molecule has 168 valence electrons. The van der Waals surface area contributed by atoms with Crippen molar-refractivity contribution < 1.29 is 36.2 Å². The first kappa shape index (κ1) is 21.8. The van der Waals surface area contributed by atoms with Crippen LogP contribution in [0.15, 0.2) is 29.3 Å². The van der Waals surface area contributed by atoms with E-state index in [0.29, 0.717) is 5.56 Å². The van der Waals surface area contributed by atoms with Gasteiger partial charge >= 0.3 is 6.29 Å². The third-order valence-corrected chi connectivity index (χ3v) is 6.58. The normalized spacial score (nSPS) is 16.6. The molecule has 1 aromatic carbocycles. The van der Waals surface area contributed by atoms with Gasteiger partial charge in [-0.25, -0.2) is 13.4 Å².